The number of nitrogens with zero attached hydrogens (tertiary/aromatic N) is 7. The molecule has 2 fully saturated rings. The van der Waals surface area contributed by atoms with Crippen LogP contribution in [0.1, 0.15) is 5.56 Å². The molecule has 0 radical (unpaired) electrons. The van der Waals surface area contributed by atoms with Crippen molar-refractivity contribution in [1.82, 2.24) is 9.38 Å². The molecule has 2 aromatic carbocycles. The van der Waals surface area contributed by atoms with Gasteiger partial charge in [-0.1, -0.05) is 12.1 Å². The van der Waals surface area contributed by atoms with Crippen LogP contribution < -0.4 is 9.80 Å². The zero-order chi connectivity index (χ0) is 24.4. The average Bonchev–Trinajstić information content (AvgIpc) is 3.23. The lowest BCUT2D eigenvalue weighted by Gasteiger charge is -2.41. The first-order valence-electron chi connectivity index (χ1n) is 12.7. The van der Waals surface area contributed by atoms with E-state index in [0.29, 0.717) is 5.56 Å². The number of aromatic nitrogens is 2. The van der Waals surface area contributed by atoms with Crippen LogP contribution in [0.3, 0.4) is 0 Å². The van der Waals surface area contributed by atoms with Crippen molar-refractivity contribution >= 4 is 39.0 Å². The first-order valence-corrected chi connectivity index (χ1v) is 12.7. The standard InChI is InChI=1S/C28H35N7/c1-34(2)15-11-31(12-16-34)21-9-10-22-26(19-21)33-25-8-6-5-7-24(25)30-28(33)23(20-29)27(22)32-13-17-35(3,4)18-14-32/h5-10,19H,11-18H2,1-4H3/q+2. The van der Waals surface area contributed by atoms with Gasteiger partial charge in [0.15, 0.2) is 5.65 Å². The lowest BCUT2D eigenvalue weighted by Crippen LogP contribution is -2.55. The summed E-state index contributed by atoms with van der Waals surface area (Å²) >= 11 is 0. The van der Waals surface area contributed by atoms with Crippen molar-refractivity contribution in [2.24, 2.45) is 0 Å². The summed E-state index contributed by atoms with van der Waals surface area (Å²) < 4.78 is 4.30. The smallest absolute Gasteiger partial charge is 0.158 e. The number of likely N-dealkylation sites (N-methyl/N-ethyl adjacent to an activating group) is 2. The third kappa shape index (κ3) is 3.69. The summed E-state index contributed by atoms with van der Waals surface area (Å²) in [5, 5.41) is 11.5. The molecule has 0 aliphatic carbocycles. The van der Waals surface area contributed by atoms with E-state index in [0.717, 1.165) is 94.6 Å². The summed E-state index contributed by atoms with van der Waals surface area (Å²) in [6, 6.07) is 17.6. The third-order valence-electron chi connectivity index (χ3n) is 8.19. The molecule has 180 valence electrons. The maximum atomic E-state index is 10.4. The highest BCUT2D eigenvalue weighted by atomic mass is 15.4. The Balaban J connectivity index is 1.59. The topological polar surface area (TPSA) is 47.6 Å². The van der Waals surface area contributed by atoms with Crippen LogP contribution in [0.4, 0.5) is 11.4 Å². The van der Waals surface area contributed by atoms with Crippen LogP contribution >= 0.6 is 0 Å². The zero-order valence-electron chi connectivity index (χ0n) is 21.3. The highest BCUT2D eigenvalue weighted by Crippen LogP contribution is 2.38. The van der Waals surface area contributed by atoms with Gasteiger partial charge < -0.3 is 18.8 Å². The Hall–Kier alpha value is -3.34. The molecule has 2 saturated heterocycles. The van der Waals surface area contributed by atoms with Crippen LogP contribution in [0.15, 0.2) is 42.5 Å². The predicted molar refractivity (Wildman–Crippen MR) is 143 cm³/mol. The molecule has 7 heteroatoms. The molecule has 35 heavy (non-hydrogen) atoms. The molecule has 0 amide bonds. The lowest BCUT2D eigenvalue weighted by molar-refractivity contribution is -0.890. The summed E-state index contributed by atoms with van der Waals surface area (Å²) in [6.07, 6.45) is 0. The minimum Gasteiger partial charge on any atom is -0.360 e. The van der Waals surface area contributed by atoms with Gasteiger partial charge in [0.1, 0.15) is 11.6 Å². The third-order valence-corrected chi connectivity index (χ3v) is 8.19. The van der Waals surface area contributed by atoms with Gasteiger partial charge in [-0.2, -0.15) is 5.26 Å². The zero-order valence-corrected chi connectivity index (χ0v) is 21.3. The monoisotopic (exact) mass is 469 g/mol. The average molecular weight is 470 g/mol. The molecule has 0 bridgehead atoms. The van der Waals surface area contributed by atoms with Gasteiger partial charge in [0, 0.05) is 11.1 Å². The van der Waals surface area contributed by atoms with Gasteiger partial charge in [-0.15, -0.1) is 0 Å². The van der Waals surface area contributed by atoms with E-state index in [1.807, 2.05) is 12.1 Å². The Morgan fingerprint density at radius 3 is 2.09 bits per heavy atom. The molecule has 2 aromatic heterocycles. The number of hydrogen-bond acceptors (Lipinski definition) is 4. The van der Waals surface area contributed by atoms with Crippen molar-refractivity contribution in [3.05, 3.63) is 48.0 Å². The Kier molecular flexibility index (Phi) is 4.96. The van der Waals surface area contributed by atoms with Crippen molar-refractivity contribution in [2.75, 3.05) is 90.3 Å². The first-order chi connectivity index (χ1) is 16.8. The molecule has 4 heterocycles. The van der Waals surface area contributed by atoms with Crippen molar-refractivity contribution in [1.29, 1.82) is 5.26 Å². The lowest BCUT2D eigenvalue weighted by atomic mass is 10.0. The van der Waals surface area contributed by atoms with Crippen LogP contribution in [0, 0.1) is 11.3 Å². The van der Waals surface area contributed by atoms with Crippen LogP contribution in [-0.2, 0) is 0 Å². The quantitative estimate of drug-likeness (QED) is 0.423. The highest BCUT2D eigenvalue weighted by molar-refractivity contribution is 6.03. The Labute approximate surface area is 207 Å². The maximum Gasteiger partial charge on any atom is 0.158 e. The normalized spacial score (nSPS) is 20.0. The molecule has 0 spiro atoms. The number of rotatable bonds is 2. The number of nitriles is 1. The van der Waals surface area contributed by atoms with Gasteiger partial charge in [-0.3, -0.25) is 4.40 Å². The number of hydrogen-bond donors (Lipinski definition) is 0. The molecule has 6 rings (SSSR count). The van der Waals surface area contributed by atoms with Crippen LogP contribution in [0.25, 0.3) is 27.6 Å². The van der Waals surface area contributed by atoms with E-state index in [9.17, 15) is 5.26 Å². The number of pyridine rings is 1. The number of benzene rings is 2. The Morgan fingerprint density at radius 2 is 1.43 bits per heavy atom. The summed E-state index contributed by atoms with van der Waals surface area (Å²) in [5.41, 5.74) is 6.88. The van der Waals surface area contributed by atoms with E-state index in [4.69, 9.17) is 4.98 Å². The molecule has 4 aromatic rings. The van der Waals surface area contributed by atoms with Crippen LogP contribution in [0.5, 0.6) is 0 Å². The molecule has 0 unspecified atom stereocenters. The number of quaternary nitrogens is 2. The van der Waals surface area contributed by atoms with Gasteiger partial charge in [0.25, 0.3) is 0 Å². The maximum absolute atomic E-state index is 10.4. The van der Waals surface area contributed by atoms with E-state index < -0.39 is 0 Å². The minimum absolute atomic E-state index is 0.686. The van der Waals surface area contributed by atoms with Gasteiger partial charge in [-0.25, -0.2) is 4.98 Å². The van der Waals surface area contributed by atoms with Gasteiger partial charge in [-0.05, 0) is 30.3 Å². The van der Waals surface area contributed by atoms with E-state index in [2.05, 4.69) is 78.8 Å². The molecule has 0 N–H and O–H groups in total. The summed E-state index contributed by atoms with van der Waals surface area (Å²) in [7, 11) is 9.20. The molecule has 2 aliphatic rings. The van der Waals surface area contributed by atoms with Gasteiger partial charge in [0.05, 0.1) is 103 Å². The van der Waals surface area contributed by atoms with Crippen molar-refractivity contribution in [3.8, 4) is 6.07 Å². The van der Waals surface area contributed by atoms with E-state index in [1.54, 1.807) is 0 Å². The van der Waals surface area contributed by atoms with Crippen LogP contribution in [0.2, 0.25) is 0 Å². The number of para-hydroxylation sites is 2. The number of fused-ring (bicyclic) bond motifs is 5. The van der Waals surface area contributed by atoms with Gasteiger partial charge >= 0.3 is 0 Å². The number of imidazole rings is 1. The Bertz CT molecular complexity index is 1470. The van der Waals surface area contributed by atoms with Gasteiger partial charge in [0.2, 0.25) is 0 Å². The molecule has 7 nitrogen and oxygen atoms in total. The molecule has 0 atom stereocenters. The van der Waals surface area contributed by atoms with E-state index in [-0.39, 0.29) is 0 Å². The van der Waals surface area contributed by atoms with E-state index >= 15 is 0 Å². The first kappa shape index (κ1) is 22.1. The summed E-state index contributed by atoms with van der Waals surface area (Å²) in [5.74, 6) is 0. The largest absolute Gasteiger partial charge is 0.360 e. The second kappa shape index (κ2) is 7.84. The van der Waals surface area contributed by atoms with Crippen molar-refractivity contribution in [3.63, 3.8) is 0 Å². The molecule has 2 aliphatic heterocycles. The van der Waals surface area contributed by atoms with Crippen molar-refractivity contribution in [2.45, 2.75) is 0 Å². The fourth-order valence-corrected chi connectivity index (χ4v) is 5.71. The Morgan fingerprint density at radius 1 is 0.800 bits per heavy atom. The fraction of sp³-hybridized carbons (Fsp3) is 0.429. The number of piperazine rings is 2. The second-order valence-corrected chi connectivity index (χ2v) is 11.5. The summed E-state index contributed by atoms with van der Waals surface area (Å²) in [4.78, 5) is 9.90. The fourth-order valence-electron chi connectivity index (χ4n) is 5.71. The molecule has 0 saturated carbocycles. The summed E-state index contributed by atoms with van der Waals surface area (Å²) in [6.45, 7) is 8.39. The molecular weight excluding hydrogens is 434 g/mol. The second-order valence-electron chi connectivity index (χ2n) is 11.5. The molecular formula is C28H35N7+2. The predicted octanol–water partition coefficient (Wildman–Crippen LogP) is 3.31. The van der Waals surface area contributed by atoms with Crippen molar-refractivity contribution < 1.29 is 8.97 Å². The number of anilines is 2. The highest BCUT2D eigenvalue weighted by Gasteiger charge is 2.30. The van der Waals surface area contributed by atoms with E-state index in [1.165, 1.54) is 5.69 Å². The minimum atomic E-state index is 0.686. The van der Waals surface area contributed by atoms with Crippen LogP contribution in [-0.4, -0.2) is 98.9 Å². The SMILES string of the molecule is C[N+]1(C)CCN(c2ccc3c(N4CC[N+](C)(C)CC4)c(C#N)c4nc5ccccc5n4c3c2)CC1.